The Balaban J connectivity index is 1.85. The van der Waals surface area contributed by atoms with Crippen LogP contribution in [0.3, 0.4) is 0 Å². The molecule has 0 saturated heterocycles. The van der Waals surface area contributed by atoms with Crippen LogP contribution in [0.2, 0.25) is 0 Å². The Kier molecular flexibility index (Phi) is 7.19. The van der Waals surface area contributed by atoms with E-state index < -0.39 is 4.90 Å². The maximum absolute atomic E-state index is 2.81. The molecular formula is C31H25I2P. The van der Waals surface area contributed by atoms with E-state index in [-0.39, 0.29) is 3.42 Å². The molecule has 0 N–H and O–H groups in total. The zero-order valence-corrected chi connectivity index (χ0v) is 23.9. The van der Waals surface area contributed by atoms with Crippen molar-refractivity contribution >= 4 is 65.5 Å². The van der Waals surface area contributed by atoms with E-state index in [2.05, 4.69) is 190 Å². The average Bonchev–Trinajstić information content (AvgIpc) is 2.94. The topological polar surface area (TPSA) is 0 Å². The maximum atomic E-state index is 2.81. The van der Waals surface area contributed by atoms with Gasteiger partial charge < -0.3 is 0 Å². The van der Waals surface area contributed by atoms with E-state index in [0.717, 1.165) is 0 Å². The molecule has 0 aliphatic heterocycles. The minimum atomic E-state index is -2.33. The summed E-state index contributed by atoms with van der Waals surface area (Å²) in [5.41, 5.74) is 3.95. The van der Waals surface area contributed by atoms with Crippen molar-refractivity contribution in [3.05, 3.63) is 162 Å². The molecule has 0 heterocycles. The van der Waals surface area contributed by atoms with Crippen LogP contribution in [0, 0.1) is 0 Å². The first-order valence-corrected chi connectivity index (χ1v) is 17.5. The second-order valence-corrected chi connectivity index (χ2v) is 17.8. The van der Waals surface area contributed by atoms with E-state index in [9.17, 15) is 0 Å². The molecule has 5 aromatic rings. The van der Waals surface area contributed by atoms with Gasteiger partial charge in [-0.2, -0.15) is 0 Å². The summed E-state index contributed by atoms with van der Waals surface area (Å²) in [4.78, 5) is -2.33. The van der Waals surface area contributed by atoms with Crippen LogP contribution < -0.4 is 15.9 Å². The molecule has 0 unspecified atom stereocenters. The molecule has 0 saturated carbocycles. The van der Waals surface area contributed by atoms with Crippen LogP contribution in [-0.4, -0.2) is 0 Å². The van der Waals surface area contributed by atoms with Crippen LogP contribution in [0.25, 0.3) is 0 Å². The van der Waals surface area contributed by atoms with E-state index in [1.807, 2.05) is 0 Å². The molecular weight excluding hydrogens is 657 g/mol. The van der Waals surface area contributed by atoms with Crippen LogP contribution in [0.4, 0.5) is 0 Å². The minimum absolute atomic E-state index is 0.316. The normalized spacial score (nSPS) is 12.3. The fourth-order valence-corrected chi connectivity index (χ4v) is 12.9. The molecule has 0 aliphatic carbocycles. The molecule has 168 valence electrons. The van der Waals surface area contributed by atoms with E-state index >= 15 is 0 Å². The van der Waals surface area contributed by atoms with Crippen molar-refractivity contribution in [1.29, 1.82) is 0 Å². The molecule has 0 spiro atoms. The van der Waals surface area contributed by atoms with E-state index in [1.165, 1.54) is 32.6 Å². The Morgan fingerprint density at radius 3 is 1.24 bits per heavy atom. The molecule has 0 fully saturated rings. The van der Waals surface area contributed by atoms with Crippen LogP contribution in [-0.2, 0) is 3.42 Å². The molecule has 0 amide bonds. The molecule has 3 heteroatoms. The molecule has 34 heavy (non-hydrogen) atoms. The van der Waals surface area contributed by atoms with E-state index in [0.29, 0.717) is 0 Å². The van der Waals surface area contributed by atoms with Crippen molar-refractivity contribution in [2.24, 2.45) is 0 Å². The van der Waals surface area contributed by atoms with Gasteiger partial charge in [-0.05, 0) is 0 Å². The van der Waals surface area contributed by atoms with Crippen LogP contribution in [0.15, 0.2) is 146 Å². The first-order valence-electron chi connectivity index (χ1n) is 11.3. The van der Waals surface area contributed by atoms with Gasteiger partial charge in [-0.3, -0.25) is 0 Å². The van der Waals surface area contributed by atoms with Gasteiger partial charge >= 0.3 is 231 Å². The summed E-state index contributed by atoms with van der Waals surface area (Å²) in [7, 11) is 0. The van der Waals surface area contributed by atoms with Crippen LogP contribution >= 0.6 is 49.5 Å². The first-order chi connectivity index (χ1) is 16.6. The van der Waals surface area contributed by atoms with Crippen molar-refractivity contribution in [3.8, 4) is 0 Å². The summed E-state index contributed by atoms with van der Waals surface area (Å²) in [6, 6.07) is 53.1. The van der Waals surface area contributed by atoms with Gasteiger partial charge in [0.1, 0.15) is 0 Å². The Bertz CT molecular complexity index is 1170. The quantitative estimate of drug-likeness (QED) is 0.0743. The van der Waals surface area contributed by atoms with Gasteiger partial charge in [-0.1, -0.05) is 0 Å². The molecule has 0 nitrogen and oxygen atoms in total. The number of halogens is 2. The summed E-state index contributed by atoms with van der Waals surface area (Å²) >= 11 is 5.51. The predicted octanol–water partition coefficient (Wildman–Crippen LogP) is 7.79. The van der Waals surface area contributed by atoms with Gasteiger partial charge in [0, 0.05) is 0 Å². The van der Waals surface area contributed by atoms with Crippen molar-refractivity contribution in [2.45, 2.75) is 3.42 Å². The van der Waals surface area contributed by atoms with E-state index in [4.69, 9.17) is 0 Å². The Morgan fingerprint density at radius 1 is 0.441 bits per heavy atom. The van der Waals surface area contributed by atoms with Gasteiger partial charge in [-0.15, -0.1) is 0 Å². The Labute approximate surface area is 229 Å². The Hall–Kier alpha value is -2.01. The molecule has 0 bridgehead atoms. The second-order valence-electron chi connectivity index (χ2n) is 8.33. The zero-order chi connectivity index (χ0) is 23.4. The summed E-state index contributed by atoms with van der Waals surface area (Å²) < 4.78 is -0.316. The monoisotopic (exact) mass is 682 g/mol. The third-order valence-corrected chi connectivity index (χ3v) is 17.1. The number of hydrogen-bond acceptors (Lipinski definition) is 0. The Morgan fingerprint density at radius 2 is 0.794 bits per heavy atom. The zero-order valence-electron chi connectivity index (χ0n) is 18.6. The van der Waals surface area contributed by atoms with Gasteiger partial charge in [0.25, 0.3) is 0 Å². The van der Waals surface area contributed by atoms with Gasteiger partial charge in [0.15, 0.2) is 0 Å². The summed E-state index contributed by atoms with van der Waals surface area (Å²) in [6.45, 7) is 0. The fourth-order valence-electron chi connectivity index (χ4n) is 4.71. The van der Waals surface area contributed by atoms with Gasteiger partial charge in [-0.25, -0.2) is 0 Å². The third-order valence-electron chi connectivity index (χ3n) is 6.36. The number of alkyl halides is 1. The molecule has 0 aliphatic rings. The van der Waals surface area contributed by atoms with Crippen molar-refractivity contribution in [3.63, 3.8) is 0 Å². The van der Waals surface area contributed by atoms with Gasteiger partial charge in [0.05, 0.1) is 0 Å². The number of benzene rings is 5. The first kappa shape index (κ1) is 23.7. The molecule has 5 rings (SSSR count). The van der Waals surface area contributed by atoms with E-state index in [1.54, 1.807) is 0 Å². The average molecular weight is 682 g/mol. The number of hydrogen-bond donors (Lipinski definition) is 0. The summed E-state index contributed by atoms with van der Waals surface area (Å²) in [5, 5.41) is 4.26. The van der Waals surface area contributed by atoms with Crippen LogP contribution in [0.5, 0.6) is 0 Å². The second kappa shape index (κ2) is 10.3. The van der Waals surface area contributed by atoms with Crippen molar-refractivity contribution in [2.75, 3.05) is 0 Å². The van der Waals surface area contributed by atoms with Crippen molar-refractivity contribution in [1.82, 2.24) is 0 Å². The molecule has 5 aromatic carbocycles. The van der Waals surface area contributed by atoms with Crippen LogP contribution in [0.1, 0.15) is 16.7 Å². The third kappa shape index (κ3) is 4.25. The predicted molar refractivity (Wildman–Crippen MR) is 167 cm³/mol. The summed E-state index contributed by atoms with van der Waals surface area (Å²) in [5.74, 6) is 0. The van der Waals surface area contributed by atoms with Crippen molar-refractivity contribution < 1.29 is 0 Å². The number of rotatable bonds is 6. The fraction of sp³-hybridized carbons (Fsp3) is 0.0323. The standard InChI is InChI=1S/C31H25I2P/c32-31(25-15-5-1-6-16-25,26-17-7-2-8-18-26)29-23-13-14-24-30(29)34(33,27-19-9-3-10-20-27)28-21-11-4-12-22-28/h1-24,34H. The summed E-state index contributed by atoms with van der Waals surface area (Å²) in [6.07, 6.45) is 0. The molecule has 0 radical (unpaired) electrons. The SMILES string of the molecule is IC(c1ccccc1)(c1ccccc1)c1ccccc1[PH](I)(c1ccccc1)c1ccccc1. The van der Waals surface area contributed by atoms with Gasteiger partial charge in [0.2, 0.25) is 0 Å². The molecule has 0 aromatic heterocycles. The molecule has 0 atom stereocenters.